The van der Waals surface area contributed by atoms with Crippen LogP contribution in [-0.4, -0.2) is 24.1 Å². The molecule has 0 aliphatic heterocycles. The van der Waals surface area contributed by atoms with Crippen LogP contribution in [0.1, 0.15) is 17.9 Å². The molecule has 0 aliphatic rings. The van der Waals surface area contributed by atoms with Crippen molar-refractivity contribution in [3.63, 3.8) is 0 Å². The first-order chi connectivity index (χ1) is 11.0. The van der Waals surface area contributed by atoms with Gasteiger partial charge < -0.3 is 15.2 Å². The van der Waals surface area contributed by atoms with Crippen molar-refractivity contribution in [3.05, 3.63) is 57.7 Å². The van der Waals surface area contributed by atoms with Gasteiger partial charge in [0.15, 0.2) is 0 Å². The van der Waals surface area contributed by atoms with Gasteiger partial charge in [-0.2, -0.15) is 0 Å². The molecular weight excluding hydrogens is 409 g/mol. The third-order valence-electron chi connectivity index (χ3n) is 3.33. The molecule has 0 aliphatic carbocycles. The number of methoxy groups -OCH3 is 1. The molecular formula is C17H16INO4. The molecule has 0 heterocycles. The third kappa shape index (κ3) is 4.95. The summed E-state index contributed by atoms with van der Waals surface area (Å²) in [6.07, 6.45) is -0.275. The molecule has 0 fully saturated rings. The van der Waals surface area contributed by atoms with Gasteiger partial charge in [0, 0.05) is 9.26 Å². The average Bonchev–Trinajstić information content (AvgIpc) is 2.54. The van der Waals surface area contributed by atoms with E-state index in [0.717, 1.165) is 3.57 Å². The summed E-state index contributed by atoms with van der Waals surface area (Å²) in [6.45, 7) is 0. The van der Waals surface area contributed by atoms with E-state index in [1.165, 1.54) is 0 Å². The van der Waals surface area contributed by atoms with Gasteiger partial charge in [-0.15, -0.1) is 0 Å². The largest absolute Gasteiger partial charge is 0.497 e. The highest BCUT2D eigenvalue weighted by Crippen LogP contribution is 2.24. The third-order valence-corrected chi connectivity index (χ3v) is 4.04. The lowest BCUT2D eigenvalue weighted by atomic mass is 9.94. The van der Waals surface area contributed by atoms with Crippen LogP contribution in [0.15, 0.2) is 48.5 Å². The first-order valence-electron chi connectivity index (χ1n) is 6.92. The number of carbonyl (C=O) groups is 2. The van der Waals surface area contributed by atoms with Crippen LogP contribution in [0.5, 0.6) is 5.75 Å². The maximum Gasteiger partial charge on any atom is 0.304 e. The average molecular weight is 425 g/mol. The van der Waals surface area contributed by atoms with Crippen molar-refractivity contribution in [3.8, 4) is 5.75 Å². The van der Waals surface area contributed by atoms with Crippen molar-refractivity contribution in [2.75, 3.05) is 12.4 Å². The maximum absolute atomic E-state index is 12.5. The Bertz CT molecular complexity index is 683. The fourth-order valence-corrected chi connectivity index (χ4v) is 2.49. The van der Waals surface area contributed by atoms with Crippen LogP contribution in [0.3, 0.4) is 0 Å². The summed E-state index contributed by atoms with van der Waals surface area (Å²) in [6, 6.07) is 14.1. The number of aliphatic carboxylic acids is 1. The second-order valence-electron chi connectivity index (χ2n) is 4.92. The number of benzene rings is 2. The number of anilines is 1. The Morgan fingerprint density at radius 1 is 1.13 bits per heavy atom. The summed E-state index contributed by atoms with van der Waals surface area (Å²) in [4.78, 5) is 23.6. The predicted octanol–water partition coefficient (Wildman–Crippen LogP) is 3.50. The summed E-state index contributed by atoms with van der Waals surface area (Å²) in [7, 11) is 1.55. The number of amides is 1. The van der Waals surface area contributed by atoms with Crippen LogP contribution in [-0.2, 0) is 9.59 Å². The maximum atomic E-state index is 12.5. The molecule has 0 saturated carbocycles. The quantitative estimate of drug-likeness (QED) is 0.695. The summed E-state index contributed by atoms with van der Waals surface area (Å²) < 4.78 is 6.13. The Balaban J connectivity index is 2.20. The fraction of sp³-hybridized carbons (Fsp3) is 0.176. The van der Waals surface area contributed by atoms with Crippen molar-refractivity contribution in [1.29, 1.82) is 0 Å². The highest BCUT2D eigenvalue weighted by atomic mass is 127. The number of carboxylic acid groups (broad SMARTS) is 1. The first kappa shape index (κ1) is 17.3. The standard InChI is InChI=1S/C17H16INO4/c1-23-14-8-2-11(3-9-14)15(10-16(20)21)17(22)19-13-6-4-12(18)5-7-13/h2-9,15H,10H2,1H3,(H,19,22)(H,20,21)/t15-/m1/s1. The predicted molar refractivity (Wildman–Crippen MR) is 95.8 cm³/mol. The molecule has 5 nitrogen and oxygen atoms in total. The van der Waals surface area contributed by atoms with Gasteiger partial charge in [0.2, 0.25) is 5.91 Å². The molecule has 0 spiro atoms. The highest BCUT2D eigenvalue weighted by Gasteiger charge is 2.24. The molecule has 2 aromatic rings. The van der Waals surface area contributed by atoms with E-state index in [1.54, 1.807) is 43.5 Å². The Kier molecular flexibility index (Phi) is 5.97. The Labute approximate surface area is 147 Å². The minimum atomic E-state index is -1.02. The molecule has 2 aromatic carbocycles. The van der Waals surface area contributed by atoms with Gasteiger partial charge in [0.1, 0.15) is 5.75 Å². The number of carboxylic acids is 1. The van der Waals surface area contributed by atoms with E-state index >= 15 is 0 Å². The molecule has 2 rings (SSSR count). The van der Waals surface area contributed by atoms with E-state index in [2.05, 4.69) is 27.9 Å². The van der Waals surface area contributed by atoms with Crippen LogP contribution < -0.4 is 10.1 Å². The van der Waals surface area contributed by atoms with Gasteiger partial charge in [0.05, 0.1) is 19.4 Å². The van der Waals surface area contributed by atoms with Gasteiger partial charge >= 0.3 is 5.97 Å². The fourth-order valence-electron chi connectivity index (χ4n) is 2.14. The van der Waals surface area contributed by atoms with Crippen LogP contribution >= 0.6 is 22.6 Å². The molecule has 0 aromatic heterocycles. The summed E-state index contributed by atoms with van der Waals surface area (Å²) in [5, 5.41) is 11.9. The number of nitrogens with one attached hydrogen (secondary N) is 1. The second kappa shape index (κ2) is 7.96. The van der Waals surface area contributed by atoms with Gasteiger partial charge in [0.25, 0.3) is 0 Å². The van der Waals surface area contributed by atoms with E-state index in [4.69, 9.17) is 9.84 Å². The summed E-state index contributed by atoms with van der Waals surface area (Å²) >= 11 is 2.17. The molecule has 0 saturated heterocycles. The topological polar surface area (TPSA) is 75.6 Å². The molecule has 1 atom stereocenters. The Morgan fingerprint density at radius 3 is 2.26 bits per heavy atom. The van der Waals surface area contributed by atoms with Crippen LogP contribution in [0, 0.1) is 3.57 Å². The zero-order chi connectivity index (χ0) is 16.8. The van der Waals surface area contributed by atoms with Gasteiger partial charge in [-0.05, 0) is 64.6 Å². The molecule has 6 heteroatoms. The number of halogens is 1. The van der Waals surface area contributed by atoms with Crippen molar-refractivity contribution in [2.45, 2.75) is 12.3 Å². The Morgan fingerprint density at radius 2 is 1.74 bits per heavy atom. The summed E-state index contributed by atoms with van der Waals surface area (Å²) in [5.41, 5.74) is 1.27. The second-order valence-corrected chi connectivity index (χ2v) is 6.17. The van der Waals surface area contributed by atoms with Gasteiger partial charge in [-0.25, -0.2) is 0 Å². The lowest BCUT2D eigenvalue weighted by Gasteiger charge is -2.16. The molecule has 23 heavy (non-hydrogen) atoms. The van der Waals surface area contributed by atoms with E-state index in [9.17, 15) is 9.59 Å². The zero-order valence-electron chi connectivity index (χ0n) is 12.5. The molecule has 0 bridgehead atoms. The van der Waals surface area contributed by atoms with E-state index in [1.807, 2.05) is 12.1 Å². The van der Waals surface area contributed by atoms with Gasteiger partial charge in [-0.1, -0.05) is 12.1 Å². The molecule has 120 valence electrons. The minimum absolute atomic E-state index is 0.275. The van der Waals surface area contributed by atoms with Crippen molar-refractivity contribution in [1.82, 2.24) is 0 Å². The smallest absolute Gasteiger partial charge is 0.304 e. The van der Waals surface area contributed by atoms with E-state index < -0.39 is 11.9 Å². The van der Waals surface area contributed by atoms with Crippen LogP contribution in [0.2, 0.25) is 0 Å². The Hall–Kier alpha value is -2.09. The monoisotopic (exact) mass is 425 g/mol. The van der Waals surface area contributed by atoms with E-state index in [0.29, 0.717) is 17.0 Å². The first-order valence-corrected chi connectivity index (χ1v) is 7.99. The van der Waals surface area contributed by atoms with Gasteiger partial charge in [-0.3, -0.25) is 9.59 Å². The lowest BCUT2D eigenvalue weighted by molar-refractivity contribution is -0.139. The van der Waals surface area contributed by atoms with Crippen molar-refractivity contribution < 1.29 is 19.4 Å². The number of hydrogen-bond acceptors (Lipinski definition) is 3. The zero-order valence-corrected chi connectivity index (χ0v) is 14.6. The van der Waals surface area contributed by atoms with Crippen molar-refractivity contribution in [2.24, 2.45) is 0 Å². The number of ether oxygens (including phenoxy) is 1. The molecule has 1 amide bonds. The SMILES string of the molecule is COc1ccc([C@@H](CC(=O)O)C(=O)Nc2ccc(I)cc2)cc1. The number of hydrogen-bond donors (Lipinski definition) is 2. The number of carbonyl (C=O) groups excluding carboxylic acids is 1. The normalized spacial score (nSPS) is 11.6. The lowest BCUT2D eigenvalue weighted by Crippen LogP contribution is -2.23. The highest BCUT2D eigenvalue weighted by molar-refractivity contribution is 14.1. The minimum Gasteiger partial charge on any atom is -0.497 e. The summed E-state index contributed by atoms with van der Waals surface area (Å²) in [5.74, 6) is -1.49. The van der Waals surface area contributed by atoms with Crippen LogP contribution in [0.25, 0.3) is 0 Å². The van der Waals surface area contributed by atoms with Crippen LogP contribution in [0.4, 0.5) is 5.69 Å². The van der Waals surface area contributed by atoms with E-state index in [-0.39, 0.29) is 12.3 Å². The molecule has 0 unspecified atom stereocenters. The molecule has 2 N–H and O–H groups in total. The van der Waals surface area contributed by atoms with Crippen molar-refractivity contribution >= 4 is 40.2 Å². The molecule has 0 radical (unpaired) electrons. The number of rotatable bonds is 6.